The SMILES string of the molecule is C/C(=N\NC(=O)c1ccc(O)cc1)c1ccc(-[n+]2cc(=O)o[nH]2)cc1. The van der Waals surface area contributed by atoms with Crippen molar-refractivity contribution in [2.45, 2.75) is 6.92 Å². The van der Waals surface area contributed by atoms with E-state index in [-0.39, 0.29) is 11.7 Å². The molecule has 0 fully saturated rings. The Morgan fingerprint density at radius 2 is 1.76 bits per heavy atom. The van der Waals surface area contributed by atoms with Gasteiger partial charge in [0, 0.05) is 17.7 Å². The second kappa shape index (κ2) is 6.83. The number of aromatic amines is 1. The zero-order chi connectivity index (χ0) is 17.8. The molecule has 0 saturated carbocycles. The van der Waals surface area contributed by atoms with Crippen LogP contribution >= 0.6 is 0 Å². The third kappa shape index (κ3) is 3.81. The van der Waals surface area contributed by atoms with Crippen molar-refractivity contribution in [2.75, 3.05) is 0 Å². The van der Waals surface area contributed by atoms with E-state index in [0.29, 0.717) is 11.3 Å². The third-order valence-electron chi connectivity index (χ3n) is 3.50. The van der Waals surface area contributed by atoms with Gasteiger partial charge >= 0.3 is 5.63 Å². The van der Waals surface area contributed by atoms with Crippen molar-refractivity contribution >= 4 is 11.6 Å². The number of aromatic nitrogens is 2. The first-order valence-corrected chi connectivity index (χ1v) is 7.37. The summed E-state index contributed by atoms with van der Waals surface area (Å²) in [4.78, 5) is 23.0. The maximum atomic E-state index is 12.0. The quantitative estimate of drug-likeness (QED) is 0.375. The van der Waals surface area contributed by atoms with Crippen molar-refractivity contribution in [3.63, 3.8) is 0 Å². The van der Waals surface area contributed by atoms with Gasteiger partial charge < -0.3 is 5.11 Å². The smallest absolute Gasteiger partial charge is 0.427 e. The van der Waals surface area contributed by atoms with E-state index in [1.54, 1.807) is 31.2 Å². The van der Waals surface area contributed by atoms with Crippen LogP contribution < -0.4 is 15.7 Å². The summed E-state index contributed by atoms with van der Waals surface area (Å²) in [6.07, 6.45) is 1.29. The molecule has 3 rings (SSSR count). The van der Waals surface area contributed by atoms with Crippen LogP contribution in [0, 0.1) is 0 Å². The zero-order valence-corrected chi connectivity index (χ0v) is 13.3. The molecule has 0 spiro atoms. The molecule has 8 nitrogen and oxygen atoms in total. The van der Waals surface area contributed by atoms with Crippen molar-refractivity contribution in [3.05, 3.63) is 76.3 Å². The minimum Gasteiger partial charge on any atom is -0.508 e. The van der Waals surface area contributed by atoms with Crippen LogP contribution in [0.1, 0.15) is 22.8 Å². The van der Waals surface area contributed by atoms with Crippen molar-refractivity contribution in [3.8, 4) is 11.4 Å². The van der Waals surface area contributed by atoms with E-state index in [4.69, 9.17) is 0 Å². The highest BCUT2D eigenvalue weighted by Gasteiger charge is 2.11. The Hall–Kier alpha value is -3.68. The number of carbonyl (C=O) groups is 1. The van der Waals surface area contributed by atoms with Crippen molar-refractivity contribution in [2.24, 2.45) is 5.10 Å². The molecule has 3 aromatic rings. The molecule has 8 heteroatoms. The fraction of sp³-hybridized carbons (Fsp3) is 0.0588. The molecular weight excluding hydrogens is 324 g/mol. The predicted molar refractivity (Wildman–Crippen MR) is 88.6 cm³/mol. The summed E-state index contributed by atoms with van der Waals surface area (Å²) in [6.45, 7) is 1.76. The molecule has 1 heterocycles. The lowest BCUT2D eigenvalue weighted by Gasteiger charge is -2.03. The number of H-pyrrole nitrogens is 1. The lowest BCUT2D eigenvalue weighted by atomic mass is 10.1. The summed E-state index contributed by atoms with van der Waals surface area (Å²) in [6, 6.07) is 13.0. The molecule has 0 atom stereocenters. The highest BCUT2D eigenvalue weighted by molar-refractivity contribution is 6.00. The lowest BCUT2D eigenvalue weighted by molar-refractivity contribution is -0.670. The van der Waals surface area contributed by atoms with Gasteiger partial charge in [0.25, 0.3) is 12.1 Å². The second-order valence-corrected chi connectivity index (χ2v) is 5.24. The molecule has 0 radical (unpaired) electrons. The molecule has 1 aromatic heterocycles. The number of nitrogens with zero attached hydrogens (tertiary/aromatic N) is 2. The summed E-state index contributed by atoms with van der Waals surface area (Å²) in [5.74, 6) is -0.282. The molecular formula is C17H15N4O4+. The number of carbonyl (C=O) groups excluding carboxylic acids is 1. The molecule has 0 saturated heterocycles. The van der Waals surface area contributed by atoms with Gasteiger partial charge in [0.15, 0.2) is 0 Å². The van der Waals surface area contributed by atoms with Crippen molar-refractivity contribution in [1.29, 1.82) is 0 Å². The Balaban J connectivity index is 1.70. The van der Waals surface area contributed by atoms with Crippen LogP contribution in [0.15, 0.2) is 69.1 Å². The fourth-order valence-corrected chi connectivity index (χ4v) is 2.12. The Morgan fingerprint density at radius 3 is 2.36 bits per heavy atom. The van der Waals surface area contributed by atoms with Gasteiger partial charge in [0.2, 0.25) is 5.69 Å². The molecule has 1 amide bonds. The number of hydrogen-bond donors (Lipinski definition) is 3. The van der Waals surface area contributed by atoms with Gasteiger partial charge in [-0.25, -0.2) is 10.2 Å². The molecule has 0 aliphatic carbocycles. The van der Waals surface area contributed by atoms with Crippen LogP contribution in [0.25, 0.3) is 5.69 Å². The average Bonchev–Trinajstić information content (AvgIpc) is 3.06. The van der Waals surface area contributed by atoms with E-state index in [1.165, 1.54) is 35.1 Å². The molecule has 0 unspecified atom stereocenters. The first kappa shape index (κ1) is 16.2. The largest absolute Gasteiger partial charge is 0.508 e. The topological polar surface area (TPSA) is 112 Å². The number of amides is 1. The van der Waals surface area contributed by atoms with E-state index in [1.807, 2.05) is 0 Å². The third-order valence-corrected chi connectivity index (χ3v) is 3.50. The van der Waals surface area contributed by atoms with Gasteiger partial charge in [0.05, 0.1) is 5.71 Å². The van der Waals surface area contributed by atoms with Crippen LogP contribution in [-0.2, 0) is 0 Å². The minimum atomic E-state index is -0.473. The second-order valence-electron chi connectivity index (χ2n) is 5.24. The Morgan fingerprint density at radius 1 is 1.12 bits per heavy atom. The van der Waals surface area contributed by atoms with Gasteiger partial charge in [-0.05, 0) is 58.8 Å². The number of hydrogen-bond acceptors (Lipinski definition) is 5. The normalized spacial score (nSPS) is 11.3. The first-order valence-electron chi connectivity index (χ1n) is 7.37. The van der Waals surface area contributed by atoms with Crippen LogP contribution in [0.2, 0.25) is 0 Å². The number of nitrogens with one attached hydrogen (secondary N) is 2. The standard InChI is InChI=1S/C17H14N4O4/c1-11(18-19-17(24)13-4-8-15(22)9-5-13)12-2-6-14(7-3-12)21-10-16(23)25-20-21/h2-10H,1H3,(H2-,19,20,22,23,24)/p+1. The number of hydrazone groups is 1. The highest BCUT2D eigenvalue weighted by atomic mass is 16.5. The lowest BCUT2D eigenvalue weighted by Crippen LogP contribution is -2.32. The maximum absolute atomic E-state index is 12.0. The summed E-state index contributed by atoms with van der Waals surface area (Å²) >= 11 is 0. The number of aromatic hydroxyl groups is 1. The molecule has 126 valence electrons. The number of phenols is 1. The Labute approximate surface area is 142 Å². The molecule has 0 bridgehead atoms. The molecule has 25 heavy (non-hydrogen) atoms. The van der Waals surface area contributed by atoms with Gasteiger partial charge in [-0.3, -0.25) is 9.32 Å². The van der Waals surface area contributed by atoms with Crippen LogP contribution in [0.4, 0.5) is 0 Å². The Kier molecular flexibility index (Phi) is 4.42. The zero-order valence-electron chi connectivity index (χ0n) is 13.3. The fourth-order valence-electron chi connectivity index (χ4n) is 2.12. The van der Waals surface area contributed by atoms with E-state index in [9.17, 15) is 14.7 Å². The monoisotopic (exact) mass is 339 g/mol. The van der Waals surface area contributed by atoms with E-state index in [0.717, 1.165) is 11.3 Å². The average molecular weight is 339 g/mol. The predicted octanol–water partition coefficient (Wildman–Crippen LogP) is 1.10. The molecule has 0 aliphatic heterocycles. The van der Waals surface area contributed by atoms with Gasteiger partial charge in [0.1, 0.15) is 5.75 Å². The molecule has 0 aliphatic rings. The van der Waals surface area contributed by atoms with Crippen LogP contribution in [0.5, 0.6) is 5.75 Å². The van der Waals surface area contributed by atoms with Crippen molar-refractivity contribution in [1.82, 2.24) is 10.7 Å². The van der Waals surface area contributed by atoms with Crippen LogP contribution in [0.3, 0.4) is 0 Å². The summed E-state index contributed by atoms with van der Waals surface area (Å²) in [5.41, 5.74) is 4.53. The molecule has 3 N–H and O–H groups in total. The Bertz CT molecular complexity index is 969. The van der Waals surface area contributed by atoms with E-state index >= 15 is 0 Å². The summed E-state index contributed by atoms with van der Waals surface area (Å²) in [7, 11) is 0. The first-order chi connectivity index (χ1) is 12.0. The minimum absolute atomic E-state index is 0.0909. The maximum Gasteiger partial charge on any atom is 0.427 e. The van der Waals surface area contributed by atoms with E-state index < -0.39 is 5.63 Å². The van der Waals surface area contributed by atoms with Gasteiger partial charge in [-0.1, -0.05) is 0 Å². The summed E-state index contributed by atoms with van der Waals surface area (Å²) < 4.78 is 6.06. The number of benzene rings is 2. The van der Waals surface area contributed by atoms with E-state index in [2.05, 4.69) is 20.3 Å². The highest BCUT2D eigenvalue weighted by Crippen LogP contribution is 2.09. The van der Waals surface area contributed by atoms with Gasteiger partial charge in [-0.15, -0.1) is 0 Å². The number of rotatable bonds is 4. The molecule has 2 aromatic carbocycles. The number of phenolic OH excluding ortho intramolecular Hbond substituents is 1. The van der Waals surface area contributed by atoms with Crippen molar-refractivity contribution < 1.29 is 19.1 Å². The van der Waals surface area contributed by atoms with Gasteiger partial charge in [-0.2, -0.15) is 5.10 Å². The summed E-state index contributed by atoms with van der Waals surface area (Å²) in [5, 5.41) is 15.8. The van der Waals surface area contributed by atoms with Crippen LogP contribution in [-0.4, -0.2) is 22.0 Å².